The van der Waals surface area contributed by atoms with Crippen LogP contribution in [0.4, 0.5) is 0 Å². The number of ether oxygens (including phenoxy) is 1. The van der Waals surface area contributed by atoms with Gasteiger partial charge >= 0.3 is 0 Å². The van der Waals surface area contributed by atoms with E-state index in [2.05, 4.69) is 422 Å². The van der Waals surface area contributed by atoms with Crippen LogP contribution in [0.25, 0.3) is 0 Å². The van der Waals surface area contributed by atoms with Crippen LogP contribution in [0.1, 0.15) is 236 Å². The Morgan fingerprint density at radius 3 is 1.02 bits per heavy atom. The van der Waals surface area contributed by atoms with E-state index in [4.69, 9.17) is 4.74 Å². The Kier molecular flexibility index (Phi) is 49.5. The molecule has 6 aliphatic rings. The summed E-state index contributed by atoms with van der Waals surface area (Å²) in [5, 5.41) is 0.414. The third-order valence-electron chi connectivity index (χ3n) is 24.7. The maximum atomic E-state index is 11.9. The van der Waals surface area contributed by atoms with Gasteiger partial charge in [-0.2, -0.15) is 0 Å². The molecular formula is C124H161I2O5S7+9. The van der Waals surface area contributed by atoms with Crippen molar-refractivity contribution in [1.29, 1.82) is 0 Å². The fourth-order valence-corrected chi connectivity index (χ4v) is 33.1. The monoisotopic (exact) mass is 2210 g/mol. The number of rotatable bonds is 21. The van der Waals surface area contributed by atoms with Crippen molar-refractivity contribution in [2.75, 3.05) is 63.3 Å². The van der Waals surface area contributed by atoms with Crippen molar-refractivity contribution >= 4 is 99.4 Å². The molecule has 5 nitrogen and oxygen atoms in total. The van der Waals surface area contributed by atoms with Crippen LogP contribution in [0.2, 0.25) is 0 Å². The topological polar surface area (TPSA) is 77.5 Å². The second-order valence-corrected chi connectivity index (χ2v) is 58.9. The van der Waals surface area contributed by atoms with E-state index in [0.29, 0.717) is 77.4 Å². The van der Waals surface area contributed by atoms with Crippen molar-refractivity contribution in [3.8, 4) is 5.75 Å². The molecule has 0 bridgehead atoms. The van der Waals surface area contributed by atoms with Gasteiger partial charge in [-0.25, -0.2) is 0 Å². The van der Waals surface area contributed by atoms with Gasteiger partial charge in [0, 0.05) is 18.3 Å². The first kappa shape index (κ1) is 115. The average Bonchev–Trinajstić information content (AvgIpc) is 0.837. The van der Waals surface area contributed by atoms with Gasteiger partial charge in [0.05, 0.1) is 32.7 Å². The third-order valence-corrected chi connectivity index (χ3v) is 43.1. The summed E-state index contributed by atoms with van der Waals surface area (Å²) in [6.07, 6.45) is 25.7. The van der Waals surface area contributed by atoms with E-state index in [1.807, 2.05) is 56.4 Å². The lowest BCUT2D eigenvalue weighted by Crippen LogP contribution is -3.34. The molecule has 14 heteroatoms. The van der Waals surface area contributed by atoms with Gasteiger partial charge in [-0.05, 0) is 351 Å². The Balaban J connectivity index is 0.000000177. The van der Waals surface area contributed by atoms with Crippen LogP contribution < -0.4 is 49.9 Å². The standard InChI is InChI=1S/C22H23OS.C22H23S.C19H17S.C12H19OS.C11H16I.C10H14I.C10H15OS.C10H19OS.C8H15OS/c1-22(2,3)23-18-14-16-21(17-15-18)24(19-10-6-4-7-11-19)20-12-8-5-9-13-20;1-22(2,3)18-14-16-21(17-15-18)23(19-10-6-4-7-11-19)20-12-8-5-9-13-20;1-16-12-14-19(15-13-16)20(17-8-4-2-5-9-17)18-10-6-3-7-11-18;13-12(10-14-8-4-5-9-14)11-6-2-1-3-7-11;1-4-11(2,3)9-5-7-10(12)8-6-9;1-10(2,3)8-4-6-9(11)7-5-8;11-9-5-1-2-6-10(9)12-7-3-4-8-12;1-10(2,3)9(11)8-12-6-4-5-7-12;1-2-8(9)7-10-5-3-4-6-10/h4-17H,1-3H3;4-17H,1-3H3;2-15H,1H3;6H,1-5,7-10H2;5-8,12H,4H2,1-3H3;4-7,11H,1-3H3;1,5,10H,2-4,6-8H2;4-8H2,1-3H3;2-7H2,1H3/q9*+1. The lowest BCUT2D eigenvalue weighted by molar-refractivity contribution is -0.328. The molecule has 0 aromatic heterocycles. The number of aryl methyl sites for hydroxylation is 1. The minimum Gasteiger partial charge on any atom is -0.488 e. The first-order valence-electron chi connectivity index (χ1n) is 50.2. The fourth-order valence-electron chi connectivity index (χ4n) is 16.1. The van der Waals surface area contributed by atoms with E-state index in [1.54, 1.807) is 6.08 Å². The molecule has 11 aromatic rings. The molecule has 4 fully saturated rings. The maximum absolute atomic E-state index is 11.9. The van der Waals surface area contributed by atoms with Crippen molar-refractivity contribution in [3.05, 3.63) is 357 Å². The largest absolute Gasteiger partial charge is 0.488 e. The molecule has 0 radical (unpaired) electrons. The van der Waals surface area contributed by atoms with Gasteiger partial charge in [0.1, 0.15) is 57.4 Å². The van der Waals surface area contributed by atoms with Crippen LogP contribution >= 0.6 is 0 Å². The summed E-state index contributed by atoms with van der Waals surface area (Å²) >= 11 is 4.11. The number of halogens is 2. The first-order valence-corrected chi connectivity index (χ1v) is 63.0. The molecule has 17 rings (SSSR count). The number of hydrogen-bond donors (Lipinski definition) is 0. The van der Waals surface area contributed by atoms with Gasteiger partial charge in [-0.15, -0.1) is 0 Å². The third kappa shape index (κ3) is 40.8. The smallest absolute Gasteiger partial charge is 0.296 e. The SMILES string of the molecule is CC(C)(C)C(=O)C[S+]1CCCC1.CC(C)(C)Oc1ccc([S+](c2ccccc2)c2ccccc2)cc1.CC(C)(C)c1ccc([IH+])cc1.CC(C)(C)c1ccc([S+](c2ccccc2)c2ccccc2)cc1.CCC(=O)C[S+]1CCCC1.CCC(C)(C)c1ccc([IH+])cc1.Cc1ccc([S+](c2ccccc2)c2ccccc2)cc1.O=C(C[S+]1CCCC1)C1=CCCCC1.O=C1C=CCCC1[S+]1CCCC1. The minimum absolute atomic E-state index is 0.0229. The molecule has 11 aromatic carbocycles. The van der Waals surface area contributed by atoms with Gasteiger partial charge in [-0.3, -0.25) is 19.2 Å². The molecule has 138 heavy (non-hydrogen) atoms. The number of allylic oxidation sites excluding steroid dienone is 4. The molecular weight excluding hydrogens is 2050 g/mol. The van der Waals surface area contributed by atoms with Crippen LogP contribution in [-0.2, 0) is 112 Å². The number of ketones is 4. The van der Waals surface area contributed by atoms with E-state index < -0.39 is 0 Å². The molecule has 1 atom stereocenters. The Morgan fingerprint density at radius 1 is 0.370 bits per heavy atom. The molecule has 0 amide bonds. The molecule has 4 aliphatic heterocycles. The molecule has 0 saturated carbocycles. The van der Waals surface area contributed by atoms with E-state index in [-0.39, 0.29) is 54.5 Å². The number of hydrogen-bond acceptors (Lipinski definition) is 5. The van der Waals surface area contributed by atoms with Crippen LogP contribution in [0.15, 0.2) is 371 Å². The predicted molar refractivity (Wildman–Crippen MR) is 602 cm³/mol. The summed E-state index contributed by atoms with van der Waals surface area (Å²) in [5.74, 6) is 15.9. The lowest BCUT2D eigenvalue weighted by atomic mass is 9.82. The molecule has 4 saturated heterocycles. The number of carbonyl (C=O) groups is 4. The second-order valence-electron chi connectivity index (χ2n) is 40.7. The molecule has 2 aliphatic carbocycles. The quantitative estimate of drug-likeness (QED) is 0.0529. The van der Waals surface area contributed by atoms with Crippen molar-refractivity contribution in [3.63, 3.8) is 0 Å². The van der Waals surface area contributed by atoms with E-state index >= 15 is 0 Å². The molecule has 734 valence electrons. The zero-order valence-corrected chi connectivity index (χ0v) is 96.4. The van der Waals surface area contributed by atoms with Crippen LogP contribution in [0, 0.1) is 19.5 Å². The van der Waals surface area contributed by atoms with Crippen molar-refractivity contribution in [2.24, 2.45) is 5.41 Å². The van der Waals surface area contributed by atoms with Crippen molar-refractivity contribution in [1.82, 2.24) is 0 Å². The number of benzene rings is 11. The maximum Gasteiger partial charge on any atom is 0.296 e. The van der Waals surface area contributed by atoms with Gasteiger partial charge in [-0.1, -0.05) is 265 Å². The predicted octanol–water partition coefficient (Wildman–Crippen LogP) is 23.9. The zero-order valence-electron chi connectivity index (χ0n) is 86.0. The molecule has 4 heterocycles. The zero-order chi connectivity index (χ0) is 99.5. The number of carbonyl (C=O) groups excluding carboxylic acids is 4. The van der Waals surface area contributed by atoms with Crippen LogP contribution in [0.3, 0.4) is 0 Å². The van der Waals surface area contributed by atoms with E-state index in [0.717, 1.165) is 60.7 Å². The number of Topliss-reactive ketones (excluding diaryl/α,β-unsaturated/α-hetero) is 3. The van der Waals surface area contributed by atoms with Gasteiger partial charge in [0.15, 0.2) is 85.3 Å². The van der Waals surface area contributed by atoms with Crippen molar-refractivity contribution in [2.45, 2.75) is 292 Å². The summed E-state index contributed by atoms with van der Waals surface area (Å²) in [5.41, 5.74) is 7.19. The van der Waals surface area contributed by atoms with Gasteiger partial charge in [0.2, 0.25) is 11.6 Å². The van der Waals surface area contributed by atoms with Crippen molar-refractivity contribution < 1.29 is 69.1 Å². The highest BCUT2D eigenvalue weighted by molar-refractivity contribution is 7.99. The summed E-state index contributed by atoms with van der Waals surface area (Å²) in [6.45, 7) is 36.7. The fraction of sp³-hybridized carbons (Fsp3) is 0.403. The molecule has 1 unspecified atom stereocenters. The lowest BCUT2D eigenvalue weighted by Gasteiger charge is -2.22. The molecule has 0 spiro atoms. The summed E-state index contributed by atoms with van der Waals surface area (Å²) < 4.78 is 8.64. The Bertz CT molecular complexity index is 5260. The van der Waals surface area contributed by atoms with E-state index in [9.17, 15) is 19.2 Å². The summed E-state index contributed by atoms with van der Waals surface area (Å²) in [6, 6.07) is 109. The van der Waals surface area contributed by atoms with Gasteiger partial charge in [0.25, 0.3) is 45.2 Å². The summed E-state index contributed by atoms with van der Waals surface area (Å²) in [7, 11) is 1.67. The van der Waals surface area contributed by atoms with Crippen LogP contribution in [0.5, 0.6) is 5.75 Å². The Labute approximate surface area is 882 Å². The average molecular weight is 2210 g/mol. The van der Waals surface area contributed by atoms with Gasteiger partial charge < -0.3 is 4.74 Å². The van der Waals surface area contributed by atoms with E-state index in [1.165, 1.54) is 190 Å². The minimum atomic E-state index is -0.179. The Morgan fingerprint density at radius 2 is 0.696 bits per heavy atom. The molecule has 0 N–H and O–H groups in total. The van der Waals surface area contributed by atoms with Crippen LogP contribution in [-0.4, -0.2) is 97.3 Å². The first-order chi connectivity index (χ1) is 66.0. The second kappa shape index (κ2) is 59.5. The summed E-state index contributed by atoms with van der Waals surface area (Å²) in [4.78, 5) is 58.1. The highest BCUT2D eigenvalue weighted by atomic mass is 127. The normalized spacial score (nSPS) is 15.7. The highest BCUT2D eigenvalue weighted by Crippen LogP contribution is 2.38. The Hall–Kier alpha value is -6.71. The highest BCUT2D eigenvalue weighted by Gasteiger charge is 2.40.